The molecule has 3 heterocycles. The fourth-order valence-corrected chi connectivity index (χ4v) is 3.94. The number of hydrogen-bond donors (Lipinski definition) is 0. The predicted molar refractivity (Wildman–Crippen MR) is 112 cm³/mol. The lowest BCUT2D eigenvalue weighted by Crippen LogP contribution is -2.39. The minimum Gasteiger partial charge on any atom is -0.329 e. The Kier molecular flexibility index (Phi) is 4.69. The van der Waals surface area contributed by atoms with Gasteiger partial charge in [0.25, 0.3) is 5.91 Å². The third-order valence-electron chi connectivity index (χ3n) is 5.59. The molecule has 9 heteroatoms. The molecule has 0 fully saturated rings. The van der Waals surface area contributed by atoms with Gasteiger partial charge >= 0.3 is 6.18 Å². The van der Waals surface area contributed by atoms with Gasteiger partial charge in [0.15, 0.2) is 5.82 Å². The van der Waals surface area contributed by atoms with Crippen molar-refractivity contribution in [2.75, 3.05) is 6.54 Å². The van der Waals surface area contributed by atoms with Gasteiger partial charge < -0.3 is 9.47 Å². The Hall–Kier alpha value is -3.75. The number of fused-ring (bicyclic) bond motifs is 2. The smallest absolute Gasteiger partial charge is 0.329 e. The summed E-state index contributed by atoms with van der Waals surface area (Å²) in [4.78, 5) is 19.7. The zero-order valence-corrected chi connectivity index (χ0v) is 17.1. The molecule has 0 saturated heterocycles. The highest BCUT2D eigenvalue weighted by Gasteiger charge is 2.40. The van der Waals surface area contributed by atoms with Crippen LogP contribution in [0.25, 0.3) is 22.2 Å². The van der Waals surface area contributed by atoms with Gasteiger partial charge in [-0.25, -0.2) is 4.98 Å². The van der Waals surface area contributed by atoms with E-state index in [0.717, 1.165) is 15.7 Å². The van der Waals surface area contributed by atoms with Crippen LogP contribution >= 0.6 is 0 Å². The van der Waals surface area contributed by atoms with Crippen LogP contribution in [0.5, 0.6) is 0 Å². The number of benzene rings is 2. The quantitative estimate of drug-likeness (QED) is 0.464. The van der Waals surface area contributed by atoms with Gasteiger partial charge in [-0.3, -0.25) is 4.79 Å². The summed E-state index contributed by atoms with van der Waals surface area (Å²) < 4.78 is 40.4. The molecule has 162 valence electrons. The van der Waals surface area contributed by atoms with E-state index in [1.165, 1.54) is 4.90 Å². The molecule has 4 aromatic rings. The van der Waals surface area contributed by atoms with Crippen LogP contribution in [0.4, 0.5) is 13.2 Å². The van der Waals surface area contributed by atoms with Crippen molar-refractivity contribution >= 4 is 16.8 Å². The van der Waals surface area contributed by atoms with Gasteiger partial charge in [-0.05, 0) is 19.1 Å². The SMILES string of the molecule is Cc1ccc(-c2cc(C(=O)N3CCn4c(nnc4C(F)(F)F)C3)c3ccccc3n2)cc1. The second-order valence-corrected chi connectivity index (χ2v) is 7.75. The Bertz CT molecular complexity index is 1330. The summed E-state index contributed by atoms with van der Waals surface area (Å²) in [5, 5.41) is 7.65. The van der Waals surface area contributed by atoms with E-state index in [4.69, 9.17) is 4.98 Å². The molecule has 1 amide bonds. The molecule has 0 spiro atoms. The number of aromatic nitrogens is 4. The number of carbonyl (C=O) groups excluding carboxylic acids is 1. The number of amides is 1. The molecule has 0 atom stereocenters. The zero-order chi connectivity index (χ0) is 22.5. The second kappa shape index (κ2) is 7.44. The van der Waals surface area contributed by atoms with E-state index in [2.05, 4.69) is 10.2 Å². The lowest BCUT2D eigenvalue weighted by atomic mass is 10.0. The summed E-state index contributed by atoms with van der Waals surface area (Å²) >= 11 is 0. The third-order valence-corrected chi connectivity index (χ3v) is 5.59. The van der Waals surface area contributed by atoms with E-state index < -0.39 is 12.0 Å². The van der Waals surface area contributed by atoms with Crippen molar-refractivity contribution in [3.63, 3.8) is 0 Å². The standard InChI is InChI=1S/C23H18F3N5O/c1-14-6-8-15(9-7-14)19-12-17(16-4-2-3-5-18(16)27-19)21(32)30-10-11-31-20(13-30)28-29-22(31)23(24,25)26/h2-9,12H,10-11,13H2,1H3. The van der Waals surface area contributed by atoms with Crippen molar-refractivity contribution in [2.24, 2.45) is 0 Å². The maximum Gasteiger partial charge on any atom is 0.451 e. The van der Waals surface area contributed by atoms with Crippen LogP contribution in [0.2, 0.25) is 0 Å². The Morgan fingerprint density at radius 3 is 2.50 bits per heavy atom. The largest absolute Gasteiger partial charge is 0.451 e. The molecule has 0 unspecified atom stereocenters. The molecule has 0 saturated carbocycles. The summed E-state index contributed by atoms with van der Waals surface area (Å²) in [6.45, 7) is 2.06. The first-order chi connectivity index (χ1) is 15.3. The number of nitrogens with zero attached hydrogens (tertiary/aromatic N) is 5. The van der Waals surface area contributed by atoms with Crippen LogP contribution < -0.4 is 0 Å². The first-order valence-electron chi connectivity index (χ1n) is 10.1. The van der Waals surface area contributed by atoms with Crippen molar-refractivity contribution in [3.8, 4) is 11.3 Å². The molecule has 0 radical (unpaired) electrons. The van der Waals surface area contributed by atoms with Crippen molar-refractivity contribution < 1.29 is 18.0 Å². The normalized spacial score (nSPS) is 13.9. The van der Waals surface area contributed by atoms with E-state index in [-0.39, 0.29) is 31.4 Å². The van der Waals surface area contributed by atoms with Gasteiger partial charge in [0.05, 0.1) is 23.3 Å². The molecule has 6 nitrogen and oxygen atoms in total. The Morgan fingerprint density at radius 1 is 1.00 bits per heavy atom. The number of para-hydroxylation sites is 1. The van der Waals surface area contributed by atoms with Gasteiger partial charge in [-0.1, -0.05) is 48.0 Å². The number of pyridine rings is 1. The third kappa shape index (κ3) is 3.49. The number of halogens is 3. The number of carbonyl (C=O) groups is 1. The highest BCUT2D eigenvalue weighted by atomic mass is 19.4. The van der Waals surface area contributed by atoms with Crippen molar-refractivity contribution in [2.45, 2.75) is 26.2 Å². The minimum absolute atomic E-state index is 0.0171. The van der Waals surface area contributed by atoms with Crippen molar-refractivity contribution in [3.05, 3.63) is 77.4 Å². The van der Waals surface area contributed by atoms with Gasteiger partial charge in [0.1, 0.15) is 0 Å². The predicted octanol–water partition coefficient (Wildman–Crippen LogP) is 4.48. The van der Waals surface area contributed by atoms with Gasteiger partial charge in [-0.2, -0.15) is 13.2 Å². The van der Waals surface area contributed by atoms with Crippen LogP contribution in [0.3, 0.4) is 0 Å². The Morgan fingerprint density at radius 2 is 1.75 bits per heavy atom. The first kappa shape index (κ1) is 20.2. The van der Waals surface area contributed by atoms with Crippen molar-refractivity contribution in [1.82, 2.24) is 24.6 Å². The van der Waals surface area contributed by atoms with Gasteiger partial charge in [-0.15, -0.1) is 10.2 Å². The summed E-state index contributed by atoms with van der Waals surface area (Å²) in [7, 11) is 0. The maximum absolute atomic E-state index is 13.5. The molecule has 5 rings (SSSR count). The molecule has 2 aromatic heterocycles. The van der Waals surface area contributed by atoms with E-state index in [1.807, 2.05) is 55.5 Å². The van der Waals surface area contributed by atoms with Crippen LogP contribution in [0, 0.1) is 6.92 Å². The zero-order valence-electron chi connectivity index (χ0n) is 17.1. The van der Waals surface area contributed by atoms with E-state index in [0.29, 0.717) is 22.2 Å². The molecule has 0 N–H and O–H groups in total. The number of hydrogen-bond acceptors (Lipinski definition) is 4. The molecule has 1 aliphatic heterocycles. The molecule has 32 heavy (non-hydrogen) atoms. The molecule has 0 aliphatic carbocycles. The van der Waals surface area contributed by atoms with E-state index >= 15 is 0 Å². The fraction of sp³-hybridized carbons (Fsp3) is 0.217. The Balaban J connectivity index is 1.53. The Labute approximate surface area is 181 Å². The van der Waals surface area contributed by atoms with E-state index in [9.17, 15) is 18.0 Å². The molecular formula is C23H18F3N5O. The lowest BCUT2D eigenvalue weighted by Gasteiger charge is -2.28. The second-order valence-electron chi connectivity index (χ2n) is 7.75. The van der Waals surface area contributed by atoms with Gasteiger partial charge in [0, 0.05) is 24.0 Å². The van der Waals surface area contributed by atoms with Crippen LogP contribution in [0.15, 0.2) is 54.6 Å². The maximum atomic E-state index is 13.5. The molecule has 2 aromatic carbocycles. The topological polar surface area (TPSA) is 63.9 Å². The lowest BCUT2D eigenvalue weighted by molar-refractivity contribution is -0.147. The summed E-state index contributed by atoms with van der Waals surface area (Å²) in [5.41, 5.74) is 3.78. The fourth-order valence-electron chi connectivity index (χ4n) is 3.94. The highest BCUT2D eigenvalue weighted by Crippen LogP contribution is 2.31. The van der Waals surface area contributed by atoms with E-state index in [1.54, 1.807) is 6.07 Å². The average molecular weight is 437 g/mol. The number of aryl methyl sites for hydroxylation is 1. The summed E-state index contributed by atoms with van der Waals surface area (Å²) in [6.07, 6.45) is -4.58. The van der Waals surface area contributed by atoms with Crippen LogP contribution in [-0.4, -0.2) is 37.1 Å². The number of rotatable bonds is 2. The minimum atomic E-state index is -4.58. The van der Waals surface area contributed by atoms with Gasteiger partial charge in [0.2, 0.25) is 5.82 Å². The molecule has 1 aliphatic rings. The first-order valence-corrected chi connectivity index (χ1v) is 10.1. The van der Waals surface area contributed by atoms with Crippen molar-refractivity contribution in [1.29, 1.82) is 0 Å². The summed E-state index contributed by atoms with van der Waals surface area (Å²) in [5.74, 6) is -1.19. The van der Waals surface area contributed by atoms with Crippen LogP contribution in [0.1, 0.15) is 27.6 Å². The molecule has 0 bridgehead atoms. The average Bonchev–Trinajstić information content (AvgIpc) is 3.22. The monoisotopic (exact) mass is 437 g/mol. The molecular weight excluding hydrogens is 419 g/mol. The summed E-state index contributed by atoms with van der Waals surface area (Å²) in [6, 6.07) is 16.9. The number of alkyl halides is 3. The highest BCUT2D eigenvalue weighted by molar-refractivity contribution is 6.07. The van der Waals surface area contributed by atoms with Crippen LogP contribution in [-0.2, 0) is 19.3 Å².